The van der Waals surface area contributed by atoms with E-state index in [4.69, 9.17) is 9.84 Å². The van der Waals surface area contributed by atoms with Crippen LogP contribution in [0.2, 0.25) is 0 Å². The third-order valence-corrected chi connectivity index (χ3v) is 5.58. The van der Waals surface area contributed by atoms with Gasteiger partial charge in [-0.2, -0.15) is 4.31 Å². The number of hydrogen-bond donors (Lipinski definition) is 1. The molecule has 1 heterocycles. The summed E-state index contributed by atoms with van der Waals surface area (Å²) in [5.74, 6) is -1.90. The van der Waals surface area contributed by atoms with E-state index in [-0.39, 0.29) is 29.7 Å². The van der Waals surface area contributed by atoms with Crippen LogP contribution in [0.15, 0.2) is 29.2 Å². The second kappa shape index (κ2) is 6.79. The Hall–Kier alpha value is -1.74. The first-order valence-corrected chi connectivity index (χ1v) is 8.39. The van der Waals surface area contributed by atoms with Crippen molar-refractivity contribution >= 4 is 16.0 Å². The number of carbonyl (C=O) groups is 1. The zero-order valence-corrected chi connectivity index (χ0v) is 13.2. The first-order chi connectivity index (χ1) is 10.7. The van der Waals surface area contributed by atoms with Crippen molar-refractivity contribution in [1.82, 2.24) is 4.31 Å². The topological polar surface area (TPSA) is 83.9 Å². The number of ether oxygens (including phenoxy) is 1. The van der Waals surface area contributed by atoms with Crippen molar-refractivity contribution in [2.75, 3.05) is 19.7 Å². The van der Waals surface area contributed by atoms with E-state index < -0.39 is 34.9 Å². The molecule has 1 N–H and O–H groups in total. The second-order valence-electron chi connectivity index (χ2n) is 5.42. The van der Waals surface area contributed by atoms with Gasteiger partial charge in [-0.25, -0.2) is 17.2 Å². The van der Waals surface area contributed by atoms with Gasteiger partial charge in [-0.1, -0.05) is 6.92 Å². The Morgan fingerprint density at radius 3 is 2.43 bits per heavy atom. The molecule has 1 aromatic rings. The molecule has 23 heavy (non-hydrogen) atoms. The van der Waals surface area contributed by atoms with E-state index in [2.05, 4.69) is 0 Å². The Kier molecular flexibility index (Phi) is 5.20. The zero-order valence-electron chi connectivity index (χ0n) is 12.4. The largest absolute Gasteiger partial charge is 0.488 e. The maximum Gasteiger partial charge on any atom is 0.308 e. The molecule has 6 nitrogen and oxygen atoms in total. The maximum atomic E-state index is 12.5. The highest BCUT2D eigenvalue weighted by atomic mass is 32.2. The lowest BCUT2D eigenvalue weighted by Gasteiger charge is -2.16. The lowest BCUT2D eigenvalue weighted by molar-refractivity contribution is -0.142. The van der Waals surface area contributed by atoms with Crippen molar-refractivity contribution in [3.63, 3.8) is 0 Å². The van der Waals surface area contributed by atoms with Crippen molar-refractivity contribution in [3.8, 4) is 5.75 Å². The molecular weight excluding hydrogens is 332 g/mol. The van der Waals surface area contributed by atoms with Crippen LogP contribution >= 0.6 is 0 Å². The number of aliphatic carboxylic acids is 1. The van der Waals surface area contributed by atoms with E-state index in [9.17, 15) is 22.0 Å². The molecule has 0 aromatic heterocycles. The van der Waals surface area contributed by atoms with Gasteiger partial charge in [0, 0.05) is 13.1 Å². The number of alkyl halides is 2. The van der Waals surface area contributed by atoms with Gasteiger partial charge in [0.1, 0.15) is 12.4 Å². The molecule has 0 spiro atoms. The average Bonchev–Trinajstić information content (AvgIpc) is 2.88. The fourth-order valence-electron chi connectivity index (χ4n) is 2.46. The average molecular weight is 349 g/mol. The number of benzene rings is 1. The lowest BCUT2D eigenvalue weighted by Crippen LogP contribution is -2.30. The Morgan fingerprint density at radius 1 is 1.35 bits per heavy atom. The summed E-state index contributed by atoms with van der Waals surface area (Å²) in [5, 5.41) is 9.08. The van der Waals surface area contributed by atoms with Crippen molar-refractivity contribution in [2.45, 2.75) is 18.2 Å². The van der Waals surface area contributed by atoms with Gasteiger partial charge in [0.05, 0.1) is 10.8 Å². The van der Waals surface area contributed by atoms with Gasteiger partial charge >= 0.3 is 5.97 Å². The van der Waals surface area contributed by atoms with Crippen molar-refractivity contribution < 1.29 is 31.8 Å². The standard InChI is InChI=1S/C14H17F2NO5S/c1-9-6-17(7-12(9)14(18)19)23(20,21)11-4-2-10(3-5-11)22-8-13(15)16/h2-5,9,12-13H,6-8H2,1H3,(H,18,19)/t9-,12-/m1/s1. The van der Waals surface area contributed by atoms with Crippen LogP contribution in [-0.4, -0.2) is 49.9 Å². The minimum absolute atomic E-state index is 0.0277. The second-order valence-corrected chi connectivity index (χ2v) is 7.36. The van der Waals surface area contributed by atoms with Crippen LogP contribution in [0, 0.1) is 11.8 Å². The number of rotatable bonds is 6. The molecule has 1 aromatic carbocycles. The fourth-order valence-corrected chi connectivity index (χ4v) is 4.02. The zero-order chi connectivity index (χ0) is 17.2. The third-order valence-electron chi connectivity index (χ3n) is 3.73. The summed E-state index contributed by atoms with van der Waals surface area (Å²) in [6.07, 6.45) is -2.61. The summed E-state index contributed by atoms with van der Waals surface area (Å²) in [5.41, 5.74) is 0. The molecule has 1 aliphatic heterocycles. The number of halogens is 2. The summed E-state index contributed by atoms with van der Waals surface area (Å²) < 4.78 is 55.0. The Balaban J connectivity index is 2.12. The molecule has 128 valence electrons. The predicted molar refractivity (Wildman–Crippen MR) is 77.0 cm³/mol. The minimum atomic E-state index is -3.82. The van der Waals surface area contributed by atoms with Gasteiger partial charge in [-0.3, -0.25) is 4.79 Å². The molecule has 0 radical (unpaired) electrons. The van der Waals surface area contributed by atoms with E-state index in [0.29, 0.717) is 0 Å². The molecule has 0 unspecified atom stereocenters. The van der Waals surface area contributed by atoms with Crippen LogP contribution in [0.4, 0.5) is 8.78 Å². The van der Waals surface area contributed by atoms with Crippen molar-refractivity contribution in [2.24, 2.45) is 11.8 Å². The molecular formula is C14H17F2NO5S. The van der Waals surface area contributed by atoms with E-state index in [0.717, 1.165) is 4.31 Å². The third kappa shape index (κ3) is 3.97. The van der Waals surface area contributed by atoms with Gasteiger partial charge in [0.25, 0.3) is 6.43 Å². The summed E-state index contributed by atoms with van der Waals surface area (Å²) in [4.78, 5) is 11.1. The lowest BCUT2D eigenvalue weighted by atomic mass is 9.99. The van der Waals surface area contributed by atoms with Crippen LogP contribution in [-0.2, 0) is 14.8 Å². The van der Waals surface area contributed by atoms with Gasteiger partial charge in [-0.15, -0.1) is 0 Å². The number of carboxylic acid groups (broad SMARTS) is 1. The first-order valence-electron chi connectivity index (χ1n) is 6.95. The highest BCUT2D eigenvalue weighted by Crippen LogP contribution is 2.29. The van der Waals surface area contributed by atoms with Crippen LogP contribution < -0.4 is 4.74 Å². The van der Waals surface area contributed by atoms with Crippen LogP contribution in [0.25, 0.3) is 0 Å². The van der Waals surface area contributed by atoms with Gasteiger partial charge in [-0.05, 0) is 30.2 Å². The van der Waals surface area contributed by atoms with Crippen LogP contribution in [0.1, 0.15) is 6.92 Å². The van der Waals surface area contributed by atoms with Crippen molar-refractivity contribution in [3.05, 3.63) is 24.3 Å². The normalized spacial score (nSPS) is 22.4. The Morgan fingerprint density at radius 2 is 1.96 bits per heavy atom. The number of nitrogens with zero attached hydrogens (tertiary/aromatic N) is 1. The molecule has 0 aliphatic carbocycles. The SMILES string of the molecule is C[C@@H]1CN(S(=O)(=O)c2ccc(OCC(F)F)cc2)C[C@H]1C(=O)O. The highest BCUT2D eigenvalue weighted by molar-refractivity contribution is 7.89. The van der Waals surface area contributed by atoms with Gasteiger partial charge < -0.3 is 9.84 Å². The molecule has 1 saturated heterocycles. The summed E-state index contributed by atoms with van der Waals surface area (Å²) in [6.45, 7) is 0.969. The molecule has 0 saturated carbocycles. The minimum Gasteiger partial charge on any atom is -0.488 e. The molecule has 2 rings (SSSR count). The van der Waals surface area contributed by atoms with Crippen LogP contribution in [0.5, 0.6) is 5.75 Å². The number of hydrogen-bond acceptors (Lipinski definition) is 4. The van der Waals surface area contributed by atoms with Crippen molar-refractivity contribution in [1.29, 1.82) is 0 Å². The summed E-state index contributed by atoms with van der Waals surface area (Å²) in [6, 6.07) is 5.11. The first kappa shape index (κ1) is 17.6. The fraction of sp³-hybridized carbons (Fsp3) is 0.500. The van der Waals surface area contributed by atoms with Crippen LogP contribution in [0.3, 0.4) is 0 Å². The molecule has 0 amide bonds. The summed E-state index contributed by atoms with van der Waals surface area (Å²) in [7, 11) is -3.82. The van der Waals surface area contributed by atoms with Gasteiger partial charge in [0.15, 0.2) is 0 Å². The number of sulfonamides is 1. The van der Waals surface area contributed by atoms with E-state index in [1.165, 1.54) is 24.3 Å². The summed E-state index contributed by atoms with van der Waals surface area (Å²) >= 11 is 0. The molecule has 1 aliphatic rings. The maximum absolute atomic E-state index is 12.5. The van der Waals surface area contributed by atoms with Gasteiger partial charge in [0.2, 0.25) is 10.0 Å². The molecule has 0 bridgehead atoms. The quantitative estimate of drug-likeness (QED) is 0.845. The Labute approximate surface area is 132 Å². The molecule has 9 heteroatoms. The highest BCUT2D eigenvalue weighted by Gasteiger charge is 2.40. The molecule has 1 fully saturated rings. The Bertz CT molecular complexity index is 662. The predicted octanol–water partition coefficient (Wildman–Crippen LogP) is 1.67. The smallest absolute Gasteiger partial charge is 0.308 e. The molecule has 2 atom stereocenters. The van der Waals surface area contributed by atoms with E-state index >= 15 is 0 Å². The number of carboxylic acids is 1. The van der Waals surface area contributed by atoms with E-state index in [1.54, 1.807) is 6.92 Å². The van der Waals surface area contributed by atoms with E-state index in [1.807, 2.05) is 0 Å². The monoisotopic (exact) mass is 349 g/mol.